The highest BCUT2D eigenvalue weighted by Gasteiger charge is 2.32. The molecule has 2 rings (SSSR count). The summed E-state index contributed by atoms with van der Waals surface area (Å²) in [6.45, 7) is 1.34. The summed E-state index contributed by atoms with van der Waals surface area (Å²) in [6, 6.07) is 7.71. The molecule has 1 atom stereocenters. The largest absolute Gasteiger partial charge is 0.496 e. The monoisotopic (exact) mass is 354 g/mol. The van der Waals surface area contributed by atoms with Gasteiger partial charge in [0, 0.05) is 26.1 Å². The molecular weight excluding hydrogens is 328 g/mol. The Bertz CT molecular complexity index is 660. The molecule has 24 heavy (non-hydrogen) atoms. The molecule has 1 saturated heterocycles. The molecule has 0 aromatic heterocycles. The standard InChI is InChI=1S/C17H26N2O4S/c1-19(15-9-12-24(21,22)13-15)17(20)8-11-18-10-7-14-5-3-4-6-16(14)23-2/h3-6,15,18H,7-13H2,1-2H3. The van der Waals surface area contributed by atoms with E-state index in [-0.39, 0.29) is 23.5 Å². The summed E-state index contributed by atoms with van der Waals surface area (Å²) in [5.41, 5.74) is 1.13. The topological polar surface area (TPSA) is 75.7 Å². The molecule has 1 fully saturated rings. The van der Waals surface area contributed by atoms with Crippen molar-refractivity contribution >= 4 is 15.7 Å². The maximum absolute atomic E-state index is 12.1. The van der Waals surface area contributed by atoms with Gasteiger partial charge in [0.1, 0.15) is 5.75 Å². The van der Waals surface area contributed by atoms with Gasteiger partial charge in [0.05, 0.1) is 18.6 Å². The first-order valence-corrected chi connectivity index (χ1v) is 10.0. The van der Waals surface area contributed by atoms with Crippen LogP contribution < -0.4 is 10.1 Å². The van der Waals surface area contributed by atoms with Crippen LogP contribution in [0.2, 0.25) is 0 Å². The summed E-state index contributed by atoms with van der Waals surface area (Å²) in [6.07, 6.45) is 1.75. The van der Waals surface area contributed by atoms with E-state index in [1.807, 2.05) is 24.3 Å². The van der Waals surface area contributed by atoms with Crippen LogP contribution in [-0.4, -0.2) is 64.0 Å². The molecule has 1 N–H and O–H groups in total. The Morgan fingerprint density at radius 1 is 1.33 bits per heavy atom. The van der Waals surface area contributed by atoms with E-state index < -0.39 is 9.84 Å². The minimum Gasteiger partial charge on any atom is -0.496 e. The number of hydrogen-bond acceptors (Lipinski definition) is 5. The smallest absolute Gasteiger partial charge is 0.223 e. The number of benzene rings is 1. The Morgan fingerprint density at radius 3 is 2.75 bits per heavy atom. The molecule has 1 aliphatic heterocycles. The van der Waals surface area contributed by atoms with E-state index >= 15 is 0 Å². The van der Waals surface area contributed by atoms with Gasteiger partial charge in [0.25, 0.3) is 0 Å². The number of carbonyl (C=O) groups is 1. The first-order valence-electron chi connectivity index (χ1n) is 8.21. The summed E-state index contributed by atoms with van der Waals surface area (Å²) in [5.74, 6) is 1.14. The van der Waals surface area contributed by atoms with Crippen molar-refractivity contribution in [3.63, 3.8) is 0 Å². The first-order chi connectivity index (χ1) is 11.4. The van der Waals surface area contributed by atoms with E-state index in [1.54, 1.807) is 19.1 Å². The van der Waals surface area contributed by atoms with Gasteiger partial charge in [-0.05, 0) is 31.0 Å². The number of nitrogens with zero attached hydrogens (tertiary/aromatic N) is 1. The van der Waals surface area contributed by atoms with Gasteiger partial charge in [-0.15, -0.1) is 0 Å². The number of ether oxygens (including phenoxy) is 1. The van der Waals surface area contributed by atoms with Crippen LogP contribution in [0, 0.1) is 0 Å². The maximum Gasteiger partial charge on any atom is 0.223 e. The lowest BCUT2D eigenvalue weighted by Crippen LogP contribution is -2.39. The number of hydrogen-bond donors (Lipinski definition) is 1. The Labute approximate surface area is 144 Å². The van der Waals surface area contributed by atoms with Crippen LogP contribution in [0.3, 0.4) is 0 Å². The van der Waals surface area contributed by atoms with Crippen molar-refractivity contribution in [3.8, 4) is 5.75 Å². The average molecular weight is 354 g/mol. The van der Waals surface area contributed by atoms with Gasteiger partial charge in [0.15, 0.2) is 9.84 Å². The van der Waals surface area contributed by atoms with Gasteiger partial charge >= 0.3 is 0 Å². The van der Waals surface area contributed by atoms with Crippen LogP contribution in [0.25, 0.3) is 0 Å². The van der Waals surface area contributed by atoms with Crippen LogP contribution in [0.4, 0.5) is 0 Å². The molecule has 0 bridgehead atoms. The molecule has 1 aliphatic rings. The summed E-state index contributed by atoms with van der Waals surface area (Å²) in [5, 5.41) is 3.26. The molecular formula is C17H26N2O4S. The fourth-order valence-corrected chi connectivity index (χ4v) is 4.69. The van der Waals surface area contributed by atoms with E-state index in [2.05, 4.69) is 5.32 Å². The van der Waals surface area contributed by atoms with Crippen LogP contribution in [0.5, 0.6) is 5.75 Å². The fraction of sp³-hybridized carbons (Fsp3) is 0.588. The number of sulfone groups is 1. The molecule has 1 aromatic rings. The number of methoxy groups -OCH3 is 1. The highest BCUT2D eigenvalue weighted by atomic mass is 32.2. The maximum atomic E-state index is 12.1. The molecule has 7 heteroatoms. The molecule has 0 aliphatic carbocycles. The SMILES string of the molecule is COc1ccccc1CCNCCC(=O)N(C)C1CCS(=O)(=O)C1. The van der Waals surface area contributed by atoms with Crippen molar-refractivity contribution in [2.45, 2.75) is 25.3 Å². The van der Waals surface area contributed by atoms with Gasteiger partial charge in [-0.25, -0.2) is 8.42 Å². The lowest BCUT2D eigenvalue weighted by molar-refractivity contribution is -0.131. The van der Waals surface area contributed by atoms with Crippen LogP contribution in [-0.2, 0) is 21.1 Å². The van der Waals surface area contributed by atoms with Crippen molar-refractivity contribution in [2.24, 2.45) is 0 Å². The van der Waals surface area contributed by atoms with Gasteiger partial charge in [-0.2, -0.15) is 0 Å². The van der Waals surface area contributed by atoms with Crippen LogP contribution >= 0.6 is 0 Å². The minimum absolute atomic E-state index is 0.0121. The Kier molecular flexibility index (Phi) is 6.62. The third-order valence-corrected chi connectivity index (χ3v) is 6.18. The van der Waals surface area contributed by atoms with E-state index in [4.69, 9.17) is 4.74 Å². The molecule has 134 valence electrons. The highest BCUT2D eigenvalue weighted by molar-refractivity contribution is 7.91. The summed E-state index contributed by atoms with van der Waals surface area (Å²) < 4.78 is 28.3. The zero-order valence-electron chi connectivity index (χ0n) is 14.3. The van der Waals surface area contributed by atoms with Crippen molar-refractivity contribution in [3.05, 3.63) is 29.8 Å². The second-order valence-corrected chi connectivity index (χ2v) is 8.35. The third kappa shape index (κ3) is 5.21. The highest BCUT2D eigenvalue weighted by Crippen LogP contribution is 2.18. The lowest BCUT2D eigenvalue weighted by atomic mass is 10.1. The summed E-state index contributed by atoms with van der Waals surface area (Å²) in [4.78, 5) is 13.7. The first kappa shape index (κ1) is 18.7. The zero-order valence-corrected chi connectivity index (χ0v) is 15.1. The van der Waals surface area contributed by atoms with E-state index in [0.717, 1.165) is 24.3 Å². The fourth-order valence-electron chi connectivity index (χ4n) is 2.91. The average Bonchev–Trinajstić information content (AvgIpc) is 2.94. The van der Waals surface area contributed by atoms with Crippen molar-refractivity contribution in [1.82, 2.24) is 10.2 Å². The number of carbonyl (C=O) groups excluding carboxylic acids is 1. The second-order valence-electron chi connectivity index (χ2n) is 6.12. The normalized spacial score (nSPS) is 19.2. The van der Waals surface area contributed by atoms with Crippen molar-refractivity contribution < 1.29 is 17.9 Å². The zero-order chi connectivity index (χ0) is 17.6. The Morgan fingerprint density at radius 2 is 2.08 bits per heavy atom. The molecule has 1 heterocycles. The van der Waals surface area contributed by atoms with Crippen LogP contribution in [0.1, 0.15) is 18.4 Å². The Hall–Kier alpha value is -1.60. The molecule has 6 nitrogen and oxygen atoms in total. The molecule has 1 amide bonds. The predicted octanol–water partition coefficient (Wildman–Crippen LogP) is 0.863. The molecule has 1 unspecified atom stereocenters. The third-order valence-electron chi connectivity index (χ3n) is 4.43. The van der Waals surface area contributed by atoms with Gasteiger partial charge in [-0.1, -0.05) is 18.2 Å². The molecule has 0 spiro atoms. The minimum atomic E-state index is -2.96. The van der Waals surface area contributed by atoms with E-state index in [1.165, 1.54) is 0 Å². The second kappa shape index (κ2) is 8.48. The molecule has 0 radical (unpaired) electrons. The number of amides is 1. The number of rotatable bonds is 8. The van der Waals surface area contributed by atoms with Crippen LogP contribution in [0.15, 0.2) is 24.3 Å². The van der Waals surface area contributed by atoms with Crippen molar-refractivity contribution in [1.29, 1.82) is 0 Å². The van der Waals surface area contributed by atoms with Gasteiger partial charge in [0.2, 0.25) is 5.91 Å². The lowest BCUT2D eigenvalue weighted by Gasteiger charge is -2.23. The van der Waals surface area contributed by atoms with E-state index in [9.17, 15) is 13.2 Å². The van der Waals surface area contributed by atoms with E-state index in [0.29, 0.717) is 19.4 Å². The number of nitrogens with one attached hydrogen (secondary N) is 1. The molecule has 1 aromatic carbocycles. The van der Waals surface area contributed by atoms with Gasteiger partial charge in [-0.3, -0.25) is 4.79 Å². The predicted molar refractivity (Wildman–Crippen MR) is 94.0 cm³/mol. The summed E-state index contributed by atoms with van der Waals surface area (Å²) >= 11 is 0. The molecule has 0 saturated carbocycles. The Balaban J connectivity index is 1.68. The van der Waals surface area contributed by atoms with Gasteiger partial charge < -0.3 is 15.0 Å². The quantitative estimate of drug-likeness (QED) is 0.701. The summed E-state index contributed by atoms with van der Waals surface area (Å²) in [7, 11) is 0.392. The number of para-hydroxylation sites is 1. The van der Waals surface area contributed by atoms with Crippen molar-refractivity contribution in [2.75, 3.05) is 38.8 Å².